The van der Waals surface area contributed by atoms with Crippen molar-refractivity contribution in [2.45, 2.75) is 70.4 Å². The van der Waals surface area contributed by atoms with Gasteiger partial charge in [0.05, 0.1) is 4.88 Å². The predicted octanol–water partition coefficient (Wildman–Crippen LogP) is 3.55. The molecule has 0 bridgehead atoms. The zero-order chi connectivity index (χ0) is 14.9. The summed E-state index contributed by atoms with van der Waals surface area (Å²) in [4.78, 5) is 14.5. The van der Waals surface area contributed by atoms with Crippen LogP contribution in [0.4, 0.5) is 0 Å². The Labute approximate surface area is 131 Å². The van der Waals surface area contributed by atoms with Crippen LogP contribution in [0.2, 0.25) is 0 Å². The molecule has 1 unspecified atom stereocenters. The summed E-state index contributed by atoms with van der Waals surface area (Å²) in [7, 11) is 0. The van der Waals surface area contributed by atoms with Gasteiger partial charge < -0.3 is 10.6 Å². The summed E-state index contributed by atoms with van der Waals surface area (Å²) in [5.74, 6) is 0.119. The molecule has 3 nitrogen and oxygen atoms in total. The topological polar surface area (TPSA) is 41.1 Å². The van der Waals surface area contributed by atoms with Crippen molar-refractivity contribution in [3.05, 3.63) is 21.4 Å². The van der Waals surface area contributed by atoms with Crippen LogP contribution < -0.4 is 10.6 Å². The van der Waals surface area contributed by atoms with Gasteiger partial charge in [-0.15, -0.1) is 11.3 Å². The molecule has 1 amide bonds. The molecule has 1 spiro atoms. The van der Waals surface area contributed by atoms with Gasteiger partial charge in [0.15, 0.2) is 0 Å². The van der Waals surface area contributed by atoms with Gasteiger partial charge in [-0.2, -0.15) is 0 Å². The monoisotopic (exact) mass is 306 g/mol. The highest BCUT2D eigenvalue weighted by Crippen LogP contribution is 2.34. The average molecular weight is 306 g/mol. The van der Waals surface area contributed by atoms with Gasteiger partial charge in [0.1, 0.15) is 0 Å². The van der Waals surface area contributed by atoms with E-state index in [4.69, 9.17) is 0 Å². The van der Waals surface area contributed by atoms with Gasteiger partial charge in [0, 0.05) is 16.5 Å². The molecule has 3 rings (SSSR count). The molecule has 2 fully saturated rings. The van der Waals surface area contributed by atoms with Gasteiger partial charge in [0.25, 0.3) is 5.91 Å². The predicted molar refractivity (Wildman–Crippen MR) is 88.1 cm³/mol. The zero-order valence-electron chi connectivity index (χ0n) is 13.1. The smallest absolute Gasteiger partial charge is 0.261 e. The molecule has 1 aromatic heterocycles. The van der Waals surface area contributed by atoms with Crippen molar-refractivity contribution in [2.75, 3.05) is 6.54 Å². The standard InChI is InChI=1S/C17H26N2OS/c1-12-10-15(21-13(12)2)16(20)19-14-6-9-18-17(11-14)7-4-3-5-8-17/h10,14,18H,3-9,11H2,1-2H3,(H,19,20). The molecule has 0 aromatic carbocycles. The minimum atomic E-state index is 0.119. The first-order valence-electron chi connectivity index (χ1n) is 8.21. The molecule has 2 N–H and O–H groups in total. The lowest BCUT2D eigenvalue weighted by molar-refractivity contribution is 0.0896. The largest absolute Gasteiger partial charge is 0.348 e. The van der Waals surface area contributed by atoms with Crippen molar-refractivity contribution >= 4 is 17.2 Å². The number of rotatable bonds is 2. The first-order valence-corrected chi connectivity index (χ1v) is 9.03. The van der Waals surface area contributed by atoms with E-state index in [2.05, 4.69) is 24.5 Å². The summed E-state index contributed by atoms with van der Waals surface area (Å²) in [5, 5.41) is 7.02. The van der Waals surface area contributed by atoms with E-state index in [1.165, 1.54) is 42.5 Å². The van der Waals surface area contributed by atoms with Gasteiger partial charge in [-0.3, -0.25) is 4.79 Å². The number of thiophene rings is 1. The van der Waals surface area contributed by atoms with Gasteiger partial charge in [-0.25, -0.2) is 0 Å². The van der Waals surface area contributed by atoms with E-state index in [0.29, 0.717) is 11.6 Å². The van der Waals surface area contributed by atoms with Gasteiger partial charge >= 0.3 is 0 Å². The highest BCUT2D eigenvalue weighted by atomic mass is 32.1. The fourth-order valence-corrected chi connectivity index (χ4v) is 4.77. The number of carbonyl (C=O) groups is 1. The molecule has 2 heterocycles. The van der Waals surface area contributed by atoms with Crippen LogP contribution in [0.1, 0.15) is 65.1 Å². The van der Waals surface area contributed by atoms with E-state index in [0.717, 1.165) is 24.3 Å². The average Bonchev–Trinajstić information content (AvgIpc) is 2.80. The van der Waals surface area contributed by atoms with Crippen LogP contribution in [0.25, 0.3) is 0 Å². The highest BCUT2D eigenvalue weighted by molar-refractivity contribution is 7.14. The fraction of sp³-hybridized carbons (Fsp3) is 0.706. The Balaban J connectivity index is 1.63. The Morgan fingerprint density at radius 3 is 2.76 bits per heavy atom. The lowest BCUT2D eigenvalue weighted by Gasteiger charge is -2.44. The highest BCUT2D eigenvalue weighted by Gasteiger charge is 2.37. The van der Waals surface area contributed by atoms with Crippen LogP contribution in [-0.2, 0) is 0 Å². The molecule has 1 aliphatic heterocycles. The third-order valence-electron chi connectivity index (χ3n) is 5.17. The number of amides is 1. The van der Waals surface area contributed by atoms with E-state index < -0.39 is 0 Å². The normalized spacial score (nSPS) is 25.0. The van der Waals surface area contributed by atoms with Crippen LogP contribution in [0.5, 0.6) is 0 Å². The van der Waals surface area contributed by atoms with Crippen molar-refractivity contribution in [3.63, 3.8) is 0 Å². The number of hydrogen-bond acceptors (Lipinski definition) is 3. The molecule has 116 valence electrons. The maximum atomic E-state index is 12.4. The second kappa shape index (κ2) is 6.09. The maximum Gasteiger partial charge on any atom is 0.261 e. The minimum Gasteiger partial charge on any atom is -0.348 e. The summed E-state index contributed by atoms with van der Waals surface area (Å²) in [6, 6.07) is 2.35. The van der Waals surface area contributed by atoms with Crippen molar-refractivity contribution in [1.82, 2.24) is 10.6 Å². The van der Waals surface area contributed by atoms with Crippen molar-refractivity contribution < 1.29 is 4.79 Å². The second-order valence-corrected chi connectivity index (χ2v) is 8.04. The Morgan fingerprint density at radius 2 is 2.10 bits per heavy atom. The summed E-state index contributed by atoms with van der Waals surface area (Å²) >= 11 is 1.61. The third kappa shape index (κ3) is 3.32. The van der Waals surface area contributed by atoms with Crippen LogP contribution in [-0.4, -0.2) is 24.0 Å². The number of nitrogens with one attached hydrogen (secondary N) is 2. The number of hydrogen-bond donors (Lipinski definition) is 2. The molecular weight excluding hydrogens is 280 g/mol. The van der Waals surface area contributed by atoms with E-state index in [-0.39, 0.29) is 5.91 Å². The molecule has 1 atom stereocenters. The Morgan fingerprint density at radius 1 is 1.33 bits per heavy atom. The van der Waals surface area contributed by atoms with Gasteiger partial charge in [-0.1, -0.05) is 19.3 Å². The van der Waals surface area contributed by atoms with Crippen LogP contribution in [0.3, 0.4) is 0 Å². The van der Waals surface area contributed by atoms with Gasteiger partial charge in [0.2, 0.25) is 0 Å². The SMILES string of the molecule is Cc1cc(C(=O)NC2CCNC3(CCCCC3)C2)sc1C. The molecule has 2 aliphatic rings. The first kappa shape index (κ1) is 15.0. The lowest BCUT2D eigenvalue weighted by atomic mass is 9.75. The summed E-state index contributed by atoms with van der Waals surface area (Å²) in [5.41, 5.74) is 1.52. The van der Waals surface area contributed by atoms with E-state index >= 15 is 0 Å². The molecule has 1 saturated carbocycles. The van der Waals surface area contributed by atoms with Gasteiger partial charge in [-0.05, 0) is 57.7 Å². The maximum absolute atomic E-state index is 12.4. The molecule has 1 aliphatic carbocycles. The Hall–Kier alpha value is -0.870. The van der Waals surface area contributed by atoms with Crippen LogP contribution >= 0.6 is 11.3 Å². The zero-order valence-corrected chi connectivity index (χ0v) is 13.9. The molecule has 0 radical (unpaired) electrons. The second-order valence-electron chi connectivity index (χ2n) is 6.78. The van der Waals surface area contributed by atoms with E-state index in [9.17, 15) is 4.79 Å². The van der Waals surface area contributed by atoms with Crippen molar-refractivity contribution in [3.8, 4) is 0 Å². The number of aryl methyl sites for hydroxylation is 2. The summed E-state index contributed by atoms with van der Waals surface area (Å²) in [6.45, 7) is 5.19. The first-order chi connectivity index (χ1) is 10.1. The fourth-order valence-electron chi connectivity index (χ4n) is 3.83. The van der Waals surface area contributed by atoms with E-state index in [1.54, 1.807) is 11.3 Å². The number of carbonyl (C=O) groups excluding carboxylic acids is 1. The van der Waals surface area contributed by atoms with Crippen LogP contribution in [0, 0.1) is 13.8 Å². The molecule has 1 saturated heterocycles. The number of piperidine rings is 1. The quantitative estimate of drug-likeness (QED) is 0.877. The molecule has 21 heavy (non-hydrogen) atoms. The van der Waals surface area contributed by atoms with Crippen LogP contribution in [0.15, 0.2) is 6.07 Å². The minimum absolute atomic E-state index is 0.119. The molecule has 1 aromatic rings. The van der Waals surface area contributed by atoms with E-state index in [1.807, 2.05) is 6.07 Å². The molecule has 4 heteroatoms. The molecular formula is C17H26N2OS. The lowest BCUT2D eigenvalue weighted by Crippen LogP contribution is -2.57. The Bertz CT molecular complexity index is 492. The van der Waals surface area contributed by atoms with Crippen molar-refractivity contribution in [2.24, 2.45) is 0 Å². The summed E-state index contributed by atoms with van der Waals surface area (Å²) < 4.78 is 0. The summed E-state index contributed by atoms with van der Waals surface area (Å²) in [6.07, 6.45) is 8.73. The Kier molecular flexibility index (Phi) is 4.36. The third-order valence-corrected chi connectivity index (χ3v) is 6.32. The van der Waals surface area contributed by atoms with Crippen molar-refractivity contribution in [1.29, 1.82) is 0 Å².